The first-order valence-electron chi connectivity index (χ1n) is 8.53. The van der Waals surface area contributed by atoms with E-state index in [1.54, 1.807) is 0 Å². The second-order valence-electron chi connectivity index (χ2n) is 5.42. The van der Waals surface area contributed by atoms with Gasteiger partial charge >= 0.3 is 0 Å². The van der Waals surface area contributed by atoms with Crippen LogP contribution in [0.4, 0.5) is 0 Å². The maximum Gasteiger partial charge on any atom is 0.219 e. The Balaban J connectivity index is 3.36. The van der Waals surface area contributed by atoms with Gasteiger partial charge in [-0.2, -0.15) is 0 Å². The van der Waals surface area contributed by atoms with Crippen molar-refractivity contribution in [2.75, 3.05) is 52.6 Å². The van der Waals surface area contributed by atoms with E-state index < -0.39 is 0 Å². The molecule has 0 aliphatic rings. The van der Waals surface area contributed by atoms with Crippen molar-refractivity contribution in [2.45, 2.75) is 45.4 Å². The van der Waals surface area contributed by atoms with Crippen LogP contribution >= 0.6 is 0 Å². The number of rotatable bonds is 16. The van der Waals surface area contributed by atoms with Crippen molar-refractivity contribution < 1.29 is 19.7 Å². The lowest BCUT2D eigenvalue weighted by molar-refractivity contribution is -0.121. The van der Waals surface area contributed by atoms with Crippen LogP contribution in [0.5, 0.6) is 0 Å². The highest BCUT2D eigenvalue weighted by molar-refractivity contribution is 5.75. The summed E-state index contributed by atoms with van der Waals surface area (Å²) in [6.07, 6.45) is 5.92. The van der Waals surface area contributed by atoms with Crippen molar-refractivity contribution in [3.05, 3.63) is 0 Å². The van der Waals surface area contributed by atoms with Crippen LogP contribution in [-0.2, 0) is 9.53 Å². The molecule has 0 aromatic rings. The molecule has 132 valence electrons. The Morgan fingerprint density at radius 1 is 1.00 bits per heavy atom. The van der Waals surface area contributed by atoms with E-state index in [-0.39, 0.29) is 19.1 Å². The van der Waals surface area contributed by atoms with E-state index >= 15 is 0 Å². The number of nitrogens with one attached hydrogen (secondary N) is 1. The monoisotopic (exact) mass is 318 g/mol. The Labute approximate surface area is 134 Å². The molecule has 6 heteroatoms. The summed E-state index contributed by atoms with van der Waals surface area (Å²) in [5.74, 6) is 0.133. The summed E-state index contributed by atoms with van der Waals surface area (Å²) in [5.41, 5.74) is 0. The number of carbonyl (C=O) groups excluding carboxylic acids is 1. The standard InChI is InChI=1S/C16H34N2O4/c1-2-3-4-5-7-16(21)17-8-6-14-22-15-11-18(9-12-19)10-13-20/h19-20H,2-15H2,1H3,(H,17,21). The molecule has 0 spiro atoms. The summed E-state index contributed by atoms with van der Waals surface area (Å²) >= 11 is 0. The fourth-order valence-electron chi connectivity index (χ4n) is 2.12. The van der Waals surface area contributed by atoms with Crippen molar-refractivity contribution >= 4 is 5.91 Å². The quantitative estimate of drug-likeness (QED) is 0.366. The molecule has 3 N–H and O–H groups in total. The van der Waals surface area contributed by atoms with Crippen LogP contribution in [0.15, 0.2) is 0 Å². The molecular weight excluding hydrogens is 284 g/mol. The van der Waals surface area contributed by atoms with Crippen LogP contribution < -0.4 is 5.32 Å². The number of ether oxygens (including phenoxy) is 1. The predicted molar refractivity (Wildman–Crippen MR) is 87.8 cm³/mol. The first-order chi connectivity index (χ1) is 10.7. The van der Waals surface area contributed by atoms with Gasteiger partial charge in [-0.05, 0) is 12.8 Å². The van der Waals surface area contributed by atoms with Crippen LogP contribution in [0, 0.1) is 0 Å². The van der Waals surface area contributed by atoms with Gasteiger partial charge < -0.3 is 20.3 Å². The van der Waals surface area contributed by atoms with Gasteiger partial charge in [-0.1, -0.05) is 26.2 Å². The molecule has 22 heavy (non-hydrogen) atoms. The molecule has 0 aliphatic heterocycles. The highest BCUT2D eigenvalue weighted by Crippen LogP contribution is 2.01. The summed E-state index contributed by atoms with van der Waals surface area (Å²) < 4.78 is 5.50. The van der Waals surface area contributed by atoms with Crippen molar-refractivity contribution in [2.24, 2.45) is 0 Å². The lowest BCUT2D eigenvalue weighted by Gasteiger charge is -2.19. The molecule has 0 fully saturated rings. The zero-order chi connectivity index (χ0) is 16.5. The lowest BCUT2D eigenvalue weighted by atomic mass is 10.1. The number of unbranched alkanes of at least 4 members (excludes halogenated alkanes) is 3. The second-order valence-corrected chi connectivity index (χ2v) is 5.42. The van der Waals surface area contributed by atoms with Gasteiger partial charge in [0.2, 0.25) is 5.91 Å². The van der Waals surface area contributed by atoms with Crippen LogP contribution in [0.1, 0.15) is 45.4 Å². The number of amides is 1. The van der Waals surface area contributed by atoms with E-state index in [2.05, 4.69) is 12.2 Å². The maximum absolute atomic E-state index is 11.5. The number of carbonyl (C=O) groups is 1. The normalized spacial score (nSPS) is 11.1. The maximum atomic E-state index is 11.5. The number of aliphatic hydroxyl groups excluding tert-OH is 2. The molecule has 0 aromatic carbocycles. The molecule has 0 saturated carbocycles. The molecule has 0 unspecified atom stereocenters. The average Bonchev–Trinajstić information content (AvgIpc) is 2.51. The minimum atomic E-state index is 0.0876. The minimum Gasteiger partial charge on any atom is -0.395 e. The third-order valence-electron chi connectivity index (χ3n) is 3.43. The molecule has 1 amide bonds. The van der Waals surface area contributed by atoms with Crippen molar-refractivity contribution in [3.63, 3.8) is 0 Å². The largest absolute Gasteiger partial charge is 0.395 e. The van der Waals surface area contributed by atoms with E-state index in [1.165, 1.54) is 12.8 Å². The van der Waals surface area contributed by atoms with Gasteiger partial charge in [0.25, 0.3) is 0 Å². The first kappa shape index (κ1) is 21.3. The molecule has 0 aromatic heterocycles. The Morgan fingerprint density at radius 2 is 1.73 bits per heavy atom. The highest BCUT2D eigenvalue weighted by atomic mass is 16.5. The van der Waals surface area contributed by atoms with Gasteiger partial charge in [0, 0.05) is 39.2 Å². The summed E-state index contributed by atoms with van der Waals surface area (Å²) in [5, 5.41) is 20.7. The smallest absolute Gasteiger partial charge is 0.219 e. The highest BCUT2D eigenvalue weighted by Gasteiger charge is 2.03. The fraction of sp³-hybridized carbons (Fsp3) is 0.938. The van der Waals surface area contributed by atoms with E-state index in [0.717, 1.165) is 19.3 Å². The van der Waals surface area contributed by atoms with E-state index in [9.17, 15) is 4.79 Å². The lowest BCUT2D eigenvalue weighted by Crippen LogP contribution is -2.33. The number of hydrogen-bond donors (Lipinski definition) is 3. The van der Waals surface area contributed by atoms with E-state index in [0.29, 0.717) is 45.8 Å². The van der Waals surface area contributed by atoms with Crippen LogP contribution in [-0.4, -0.2) is 73.6 Å². The minimum absolute atomic E-state index is 0.0876. The topological polar surface area (TPSA) is 82.0 Å². The Hall–Kier alpha value is -0.690. The van der Waals surface area contributed by atoms with Crippen LogP contribution in [0.2, 0.25) is 0 Å². The predicted octanol–water partition coefficient (Wildman–Crippen LogP) is 0.766. The van der Waals surface area contributed by atoms with Gasteiger partial charge in [-0.25, -0.2) is 0 Å². The third-order valence-corrected chi connectivity index (χ3v) is 3.43. The number of nitrogens with zero attached hydrogens (tertiary/aromatic N) is 1. The fourth-order valence-corrected chi connectivity index (χ4v) is 2.12. The number of aliphatic hydroxyl groups is 2. The van der Waals surface area contributed by atoms with Gasteiger partial charge in [0.15, 0.2) is 0 Å². The van der Waals surface area contributed by atoms with Gasteiger partial charge in [0.1, 0.15) is 0 Å². The average molecular weight is 318 g/mol. The summed E-state index contributed by atoms with van der Waals surface area (Å²) in [6.45, 7) is 5.99. The van der Waals surface area contributed by atoms with Crippen molar-refractivity contribution in [1.82, 2.24) is 10.2 Å². The van der Waals surface area contributed by atoms with Crippen LogP contribution in [0.25, 0.3) is 0 Å². The van der Waals surface area contributed by atoms with E-state index in [4.69, 9.17) is 14.9 Å². The molecule has 0 radical (unpaired) electrons. The summed E-state index contributed by atoms with van der Waals surface area (Å²) in [7, 11) is 0. The molecule has 0 heterocycles. The molecule has 0 rings (SSSR count). The SMILES string of the molecule is CCCCCCC(=O)NCCCOCCN(CCO)CCO. The van der Waals surface area contributed by atoms with Gasteiger partial charge in [-0.3, -0.25) is 9.69 Å². The Morgan fingerprint density at radius 3 is 2.36 bits per heavy atom. The Kier molecular flexibility index (Phi) is 16.2. The van der Waals surface area contributed by atoms with Crippen molar-refractivity contribution in [1.29, 1.82) is 0 Å². The van der Waals surface area contributed by atoms with Gasteiger partial charge in [-0.15, -0.1) is 0 Å². The third kappa shape index (κ3) is 14.3. The molecule has 6 nitrogen and oxygen atoms in total. The molecule has 0 bridgehead atoms. The van der Waals surface area contributed by atoms with Crippen LogP contribution in [0.3, 0.4) is 0 Å². The molecule has 0 saturated heterocycles. The molecular formula is C16H34N2O4. The van der Waals surface area contributed by atoms with Crippen molar-refractivity contribution in [3.8, 4) is 0 Å². The zero-order valence-electron chi connectivity index (χ0n) is 14.1. The molecule has 0 aliphatic carbocycles. The first-order valence-corrected chi connectivity index (χ1v) is 8.53. The van der Waals surface area contributed by atoms with Gasteiger partial charge in [0.05, 0.1) is 19.8 Å². The summed E-state index contributed by atoms with van der Waals surface area (Å²) in [6, 6.07) is 0. The molecule has 0 atom stereocenters. The summed E-state index contributed by atoms with van der Waals surface area (Å²) in [4.78, 5) is 13.5. The Bertz CT molecular complexity index is 246. The zero-order valence-corrected chi connectivity index (χ0v) is 14.1. The van der Waals surface area contributed by atoms with E-state index in [1.807, 2.05) is 4.90 Å². The second kappa shape index (κ2) is 16.7. The number of hydrogen-bond acceptors (Lipinski definition) is 5.